The van der Waals surface area contributed by atoms with Crippen molar-refractivity contribution in [3.8, 4) is 0 Å². The van der Waals surface area contributed by atoms with Crippen LogP contribution < -0.4 is 0 Å². The van der Waals surface area contributed by atoms with Crippen LogP contribution in [0.3, 0.4) is 0 Å². The van der Waals surface area contributed by atoms with E-state index >= 15 is 0 Å². The van der Waals surface area contributed by atoms with E-state index in [4.69, 9.17) is 0 Å². The highest BCUT2D eigenvalue weighted by Crippen LogP contribution is 2.22. The number of alkyl halides is 1. The summed E-state index contributed by atoms with van der Waals surface area (Å²) in [5.41, 5.74) is 0.568. The molecule has 1 aliphatic heterocycles. The Morgan fingerprint density at radius 3 is 2.84 bits per heavy atom. The molecule has 0 saturated carbocycles. The maximum absolute atomic E-state index is 13.1. The third-order valence-corrected chi connectivity index (χ3v) is 3.70. The molecular weight excluding hydrogens is 317 g/mol. The van der Waals surface area contributed by atoms with Gasteiger partial charge in [0.15, 0.2) is 0 Å². The minimum Gasteiger partial charge on any atom is -0.480 e. The Bertz CT molecular complexity index is 508. The molecule has 0 aromatic heterocycles. The van der Waals surface area contributed by atoms with Crippen LogP contribution in [0.5, 0.6) is 0 Å². The van der Waals surface area contributed by atoms with Crippen molar-refractivity contribution in [2.45, 2.75) is 23.7 Å². The zero-order valence-electron chi connectivity index (χ0n) is 10.1. The SMILES string of the molecule is O=C(O)[C@H](Cc1cccc(F)c1)N1CC(Br)CC1=O. The van der Waals surface area contributed by atoms with Crippen LogP contribution in [0.2, 0.25) is 0 Å². The molecule has 4 nitrogen and oxygen atoms in total. The van der Waals surface area contributed by atoms with Crippen molar-refractivity contribution in [2.24, 2.45) is 0 Å². The van der Waals surface area contributed by atoms with Gasteiger partial charge in [-0.05, 0) is 17.7 Å². The highest BCUT2D eigenvalue weighted by molar-refractivity contribution is 9.09. The lowest BCUT2D eigenvalue weighted by Gasteiger charge is -2.24. The van der Waals surface area contributed by atoms with Crippen molar-refractivity contribution >= 4 is 27.8 Å². The van der Waals surface area contributed by atoms with Crippen LogP contribution in [0.4, 0.5) is 4.39 Å². The van der Waals surface area contributed by atoms with Crippen LogP contribution in [0.1, 0.15) is 12.0 Å². The van der Waals surface area contributed by atoms with Gasteiger partial charge in [-0.15, -0.1) is 0 Å². The third-order valence-electron chi connectivity index (χ3n) is 3.09. The number of carbonyl (C=O) groups is 2. The molecule has 2 rings (SSSR count). The maximum Gasteiger partial charge on any atom is 0.326 e. The number of hydrogen-bond donors (Lipinski definition) is 1. The number of halogens is 2. The average molecular weight is 330 g/mol. The van der Waals surface area contributed by atoms with Gasteiger partial charge in [0.1, 0.15) is 11.9 Å². The van der Waals surface area contributed by atoms with Gasteiger partial charge in [-0.25, -0.2) is 9.18 Å². The Morgan fingerprint density at radius 1 is 1.58 bits per heavy atom. The topological polar surface area (TPSA) is 57.6 Å². The van der Waals surface area contributed by atoms with Crippen LogP contribution >= 0.6 is 15.9 Å². The monoisotopic (exact) mass is 329 g/mol. The van der Waals surface area contributed by atoms with Crippen LogP contribution in [0, 0.1) is 5.82 Å². The maximum atomic E-state index is 13.1. The van der Waals surface area contributed by atoms with Crippen molar-refractivity contribution in [1.82, 2.24) is 4.90 Å². The molecule has 1 aliphatic rings. The molecule has 1 heterocycles. The number of nitrogens with zero attached hydrogens (tertiary/aromatic N) is 1. The molecule has 1 amide bonds. The van der Waals surface area contributed by atoms with Crippen molar-refractivity contribution in [2.75, 3.05) is 6.54 Å². The van der Waals surface area contributed by atoms with E-state index in [0.717, 1.165) is 0 Å². The van der Waals surface area contributed by atoms with E-state index < -0.39 is 17.8 Å². The largest absolute Gasteiger partial charge is 0.480 e. The fourth-order valence-electron chi connectivity index (χ4n) is 2.21. The Morgan fingerprint density at radius 2 is 2.32 bits per heavy atom. The quantitative estimate of drug-likeness (QED) is 0.857. The number of likely N-dealkylation sites (tertiary alicyclic amines) is 1. The first-order chi connectivity index (χ1) is 8.97. The number of carboxylic acid groups (broad SMARTS) is 1. The molecule has 1 fully saturated rings. The fourth-order valence-corrected chi connectivity index (χ4v) is 2.79. The average Bonchev–Trinajstić information content (AvgIpc) is 2.65. The van der Waals surface area contributed by atoms with E-state index in [0.29, 0.717) is 18.5 Å². The van der Waals surface area contributed by atoms with Gasteiger partial charge in [0.05, 0.1) is 0 Å². The van der Waals surface area contributed by atoms with Gasteiger partial charge in [-0.1, -0.05) is 28.1 Å². The number of carbonyl (C=O) groups excluding carboxylic acids is 1. The highest BCUT2D eigenvalue weighted by atomic mass is 79.9. The summed E-state index contributed by atoms with van der Waals surface area (Å²) in [6, 6.07) is 4.84. The normalized spacial score (nSPS) is 20.6. The summed E-state index contributed by atoms with van der Waals surface area (Å²) in [7, 11) is 0. The second-order valence-electron chi connectivity index (χ2n) is 4.54. The zero-order valence-corrected chi connectivity index (χ0v) is 11.6. The summed E-state index contributed by atoms with van der Waals surface area (Å²) in [5.74, 6) is -1.67. The second-order valence-corrected chi connectivity index (χ2v) is 5.83. The number of amides is 1. The number of aliphatic carboxylic acids is 1. The summed E-state index contributed by atoms with van der Waals surface area (Å²) in [6.07, 6.45) is 0.408. The van der Waals surface area contributed by atoms with E-state index in [1.54, 1.807) is 6.07 Å². The molecule has 19 heavy (non-hydrogen) atoms. The number of benzene rings is 1. The minimum atomic E-state index is -1.07. The molecule has 6 heteroatoms. The van der Waals surface area contributed by atoms with Crippen molar-refractivity contribution < 1.29 is 19.1 Å². The minimum absolute atomic E-state index is 0.0191. The van der Waals surface area contributed by atoms with Gasteiger partial charge in [-0.2, -0.15) is 0 Å². The first-order valence-electron chi connectivity index (χ1n) is 5.88. The molecule has 0 radical (unpaired) electrons. The third kappa shape index (κ3) is 3.32. The number of rotatable bonds is 4. The van der Waals surface area contributed by atoms with Gasteiger partial charge >= 0.3 is 5.97 Å². The fraction of sp³-hybridized carbons (Fsp3) is 0.385. The Kier molecular flexibility index (Phi) is 4.19. The van der Waals surface area contributed by atoms with Crippen molar-refractivity contribution in [3.05, 3.63) is 35.6 Å². The van der Waals surface area contributed by atoms with Crippen LogP contribution in [-0.2, 0) is 16.0 Å². The predicted octanol–water partition coefficient (Wildman–Crippen LogP) is 1.82. The van der Waals surface area contributed by atoms with Crippen molar-refractivity contribution in [3.63, 3.8) is 0 Å². The van der Waals surface area contributed by atoms with E-state index in [1.165, 1.54) is 23.1 Å². The molecule has 1 unspecified atom stereocenters. The molecule has 0 aliphatic carbocycles. The van der Waals surface area contributed by atoms with E-state index in [2.05, 4.69) is 15.9 Å². The van der Waals surface area contributed by atoms with Gasteiger partial charge in [-0.3, -0.25) is 4.79 Å². The van der Waals surface area contributed by atoms with Gasteiger partial charge < -0.3 is 10.0 Å². The Balaban J connectivity index is 2.17. The van der Waals surface area contributed by atoms with Crippen LogP contribution in [-0.4, -0.2) is 39.3 Å². The lowest BCUT2D eigenvalue weighted by atomic mass is 10.0. The number of hydrogen-bond acceptors (Lipinski definition) is 2. The lowest BCUT2D eigenvalue weighted by Crippen LogP contribution is -2.43. The standard InChI is InChI=1S/C13H13BrFNO3/c14-9-6-12(17)16(7-9)11(13(18)19)5-8-2-1-3-10(15)4-8/h1-4,9,11H,5-7H2,(H,18,19)/t9?,11-/m0/s1. The summed E-state index contributed by atoms with van der Waals surface area (Å²) in [6.45, 7) is 0.366. The summed E-state index contributed by atoms with van der Waals surface area (Å²) < 4.78 is 13.1. The van der Waals surface area contributed by atoms with Crippen LogP contribution in [0.15, 0.2) is 24.3 Å². The first kappa shape index (κ1) is 14.0. The second kappa shape index (κ2) is 5.69. The molecular formula is C13H13BrFNO3. The first-order valence-corrected chi connectivity index (χ1v) is 6.79. The molecule has 102 valence electrons. The molecule has 1 saturated heterocycles. The molecule has 2 atom stereocenters. The van der Waals surface area contributed by atoms with Crippen molar-refractivity contribution in [1.29, 1.82) is 0 Å². The highest BCUT2D eigenvalue weighted by Gasteiger charge is 2.36. The Labute approximate surface area is 118 Å². The summed E-state index contributed by atoms with van der Waals surface area (Å²) in [4.78, 5) is 24.4. The predicted molar refractivity (Wildman–Crippen MR) is 70.6 cm³/mol. The summed E-state index contributed by atoms with van der Waals surface area (Å²) >= 11 is 3.32. The molecule has 0 bridgehead atoms. The zero-order chi connectivity index (χ0) is 14.0. The van der Waals surface area contributed by atoms with Gasteiger partial charge in [0, 0.05) is 24.2 Å². The van der Waals surface area contributed by atoms with Crippen LogP contribution in [0.25, 0.3) is 0 Å². The molecule has 0 spiro atoms. The van der Waals surface area contributed by atoms with Gasteiger partial charge in [0.25, 0.3) is 0 Å². The smallest absolute Gasteiger partial charge is 0.326 e. The lowest BCUT2D eigenvalue weighted by molar-refractivity contribution is -0.148. The van der Waals surface area contributed by atoms with E-state index in [-0.39, 0.29) is 17.2 Å². The molecule has 1 N–H and O–H groups in total. The van der Waals surface area contributed by atoms with E-state index in [9.17, 15) is 19.1 Å². The molecule has 1 aromatic carbocycles. The Hall–Kier alpha value is -1.43. The van der Waals surface area contributed by atoms with E-state index in [1.807, 2.05) is 0 Å². The van der Waals surface area contributed by atoms with Gasteiger partial charge in [0.2, 0.25) is 5.91 Å². The number of carboxylic acids is 1. The molecule has 1 aromatic rings. The summed E-state index contributed by atoms with van der Waals surface area (Å²) in [5, 5.41) is 9.27.